The number of hydrogen-bond donors (Lipinski definition) is 0. The van der Waals surface area contributed by atoms with Crippen LogP contribution in [-0.4, -0.2) is 22.3 Å². The van der Waals surface area contributed by atoms with Gasteiger partial charge in [0.1, 0.15) is 0 Å². The fourth-order valence-electron chi connectivity index (χ4n) is 2.28. The summed E-state index contributed by atoms with van der Waals surface area (Å²) in [6, 6.07) is 4.61. The number of nitrogens with zero attached hydrogens (tertiary/aromatic N) is 2. The summed E-state index contributed by atoms with van der Waals surface area (Å²) in [7, 11) is -4.62. The minimum atomic E-state index is -4.62. The van der Waals surface area contributed by atoms with E-state index in [2.05, 4.69) is 0 Å². The second-order valence-corrected chi connectivity index (χ2v) is 9.13. The molecule has 0 spiro atoms. The summed E-state index contributed by atoms with van der Waals surface area (Å²) in [6.07, 6.45) is 0. The average Bonchev–Trinajstić information content (AvgIpc) is 2.62. The summed E-state index contributed by atoms with van der Waals surface area (Å²) in [5, 5.41) is 22.9. The van der Waals surface area contributed by atoms with Gasteiger partial charge in [0.25, 0.3) is 0 Å². The fourth-order valence-corrected chi connectivity index (χ4v) is 5.51. The van der Waals surface area contributed by atoms with E-state index in [4.69, 9.17) is 48.4 Å². The molecule has 3 rings (SSSR count). The van der Waals surface area contributed by atoms with Crippen LogP contribution in [0.15, 0.2) is 34.1 Å². The highest BCUT2D eigenvalue weighted by Gasteiger charge is 2.41. The molecule has 1 aliphatic rings. The molecule has 29 heavy (non-hydrogen) atoms. The second kappa shape index (κ2) is 8.55. The molecule has 1 heterocycles. The summed E-state index contributed by atoms with van der Waals surface area (Å²) in [6.45, 7) is -0.320. The maximum Gasteiger partial charge on any atom is 0.588 e. The van der Waals surface area contributed by atoms with E-state index in [-0.39, 0.29) is 32.3 Å². The van der Waals surface area contributed by atoms with Gasteiger partial charge in [-0.1, -0.05) is 35.0 Å². The minimum Gasteiger partial charge on any atom is -0.386 e. The summed E-state index contributed by atoms with van der Waals surface area (Å²) in [5.74, 6) is -0.984. The van der Waals surface area contributed by atoms with Gasteiger partial charge in [-0.15, -0.1) is 11.6 Å². The summed E-state index contributed by atoms with van der Waals surface area (Å²) in [4.78, 5) is 21.4. The summed E-state index contributed by atoms with van der Waals surface area (Å²) >= 11 is 18.3. The number of fused-ring (bicyclic) bond motifs is 2. The molecule has 0 saturated heterocycles. The Kier molecular flexibility index (Phi) is 6.47. The zero-order chi connectivity index (χ0) is 21.3. The van der Waals surface area contributed by atoms with Crippen molar-refractivity contribution in [1.29, 1.82) is 0 Å². The van der Waals surface area contributed by atoms with Crippen LogP contribution in [0.1, 0.15) is 0 Å². The predicted octanol–water partition coefficient (Wildman–Crippen LogP) is 6.10. The Morgan fingerprint density at radius 3 is 1.79 bits per heavy atom. The van der Waals surface area contributed by atoms with Crippen LogP contribution in [0.2, 0.25) is 10.0 Å². The maximum absolute atomic E-state index is 13.2. The first-order chi connectivity index (χ1) is 13.6. The van der Waals surface area contributed by atoms with Gasteiger partial charge in [-0.25, -0.2) is 4.57 Å². The molecule has 0 bridgehead atoms. The zero-order valence-electron chi connectivity index (χ0n) is 13.9. The number of hydrogen-bond acceptors (Lipinski definition) is 9. The Morgan fingerprint density at radius 2 is 1.41 bits per heavy atom. The van der Waals surface area contributed by atoms with Gasteiger partial charge in [-0.3, -0.25) is 24.8 Å². The smallest absolute Gasteiger partial charge is 0.386 e. The number of halogens is 3. The van der Waals surface area contributed by atoms with Crippen LogP contribution >= 0.6 is 54.4 Å². The van der Waals surface area contributed by atoms with Crippen molar-refractivity contribution in [2.24, 2.45) is 0 Å². The van der Waals surface area contributed by atoms with Crippen molar-refractivity contribution < 1.29 is 28.0 Å². The molecule has 0 unspecified atom stereocenters. The molecule has 0 saturated carbocycles. The third kappa shape index (κ3) is 4.71. The predicted molar refractivity (Wildman–Crippen MR) is 106 cm³/mol. The molecule has 0 aromatic heterocycles. The highest BCUT2D eigenvalue weighted by atomic mass is 35.5. The quantitative estimate of drug-likeness (QED) is 0.206. The normalized spacial score (nSPS) is 14.4. The van der Waals surface area contributed by atoms with Gasteiger partial charge in [0.2, 0.25) is 11.5 Å². The first-order valence-electron chi connectivity index (χ1n) is 7.47. The first-order valence-corrected chi connectivity index (χ1v) is 11.0. The van der Waals surface area contributed by atoms with E-state index in [1.807, 2.05) is 0 Å². The van der Waals surface area contributed by atoms with Gasteiger partial charge in [0.05, 0.1) is 26.2 Å². The number of nitro groups is 2. The lowest BCUT2D eigenvalue weighted by molar-refractivity contribution is -0.386. The van der Waals surface area contributed by atoms with Crippen LogP contribution in [0.4, 0.5) is 11.4 Å². The maximum atomic E-state index is 13.2. The molecule has 0 atom stereocenters. The lowest BCUT2D eigenvalue weighted by atomic mass is 10.3. The highest BCUT2D eigenvalue weighted by Crippen LogP contribution is 2.60. The second-order valence-electron chi connectivity index (χ2n) is 5.27. The molecule has 0 N–H and O–H groups in total. The molecule has 0 aliphatic carbocycles. The van der Waals surface area contributed by atoms with Crippen LogP contribution in [0.5, 0.6) is 11.5 Å². The van der Waals surface area contributed by atoms with Gasteiger partial charge in [0.15, 0.2) is 0 Å². The van der Waals surface area contributed by atoms with Gasteiger partial charge in [-0.05, 0) is 12.1 Å². The summed E-state index contributed by atoms with van der Waals surface area (Å²) < 4.78 is 28.8. The van der Waals surface area contributed by atoms with E-state index in [1.54, 1.807) is 0 Å². The Morgan fingerprint density at radius 1 is 0.966 bits per heavy atom. The molecule has 154 valence electrons. The standard InChI is InChI=1S/C14H8Cl3N2O8PS/c15-1-2-25-28(24)26-13-9(18(20)21)3-7(16)5-11(13)29-12-6-8(17)4-10(19(22)23)14(12)27-28/h3-6H,1-2H2. The molecule has 0 fully saturated rings. The number of phosphoric ester groups is 1. The van der Waals surface area contributed by atoms with Gasteiger partial charge >= 0.3 is 19.2 Å². The third-order valence-corrected chi connectivity index (χ3v) is 6.29. The van der Waals surface area contributed by atoms with Crippen LogP contribution in [-0.2, 0) is 9.09 Å². The first kappa shape index (κ1) is 21.9. The van der Waals surface area contributed by atoms with Gasteiger partial charge in [-0.2, -0.15) is 0 Å². The van der Waals surface area contributed by atoms with E-state index in [0.717, 1.165) is 23.9 Å². The summed E-state index contributed by atoms with van der Waals surface area (Å²) in [5.41, 5.74) is -1.20. The molecule has 10 nitrogen and oxygen atoms in total. The molecular weight excluding hydrogens is 494 g/mol. The number of benzene rings is 2. The molecular formula is C14H8Cl3N2O8PS. The molecule has 15 heteroatoms. The lowest BCUT2D eigenvalue weighted by Crippen LogP contribution is -2.11. The van der Waals surface area contributed by atoms with Crippen molar-refractivity contribution in [3.63, 3.8) is 0 Å². The number of nitro benzene ring substituents is 2. The molecule has 1 aliphatic heterocycles. The number of alkyl halides is 1. The molecule has 2 aromatic carbocycles. The Bertz CT molecular complexity index is 994. The fraction of sp³-hybridized carbons (Fsp3) is 0.143. The molecule has 2 aromatic rings. The van der Waals surface area contributed by atoms with Crippen molar-refractivity contribution in [1.82, 2.24) is 0 Å². The van der Waals surface area contributed by atoms with Crippen molar-refractivity contribution in [3.05, 3.63) is 54.5 Å². The van der Waals surface area contributed by atoms with Crippen LogP contribution in [0.3, 0.4) is 0 Å². The van der Waals surface area contributed by atoms with Crippen molar-refractivity contribution >= 4 is 65.8 Å². The van der Waals surface area contributed by atoms with Crippen molar-refractivity contribution in [2.75, 3.05) is 12.5 Å². The van der Waals surface area contributed by atoms with Crippen molar-refractivity contribution in [2.45, 2.75) is 9.79 Å². The molecule has 0 radical (unpaired) electrons. The zero-order valence-corrected chi connectivity index (χ0v) is 17.9. The molecule has 0 amide bonds. The van der Waals surface area contributed by atoms with Crippen LogP contribution < -0.4 is 9.05 Å². The Hall–Kier alpha value is -1.75. The van der Waals surface area contributed by atoms with Crippen molar-refractivity contribution in [3.8, 4) is 11.5 Å². The van der Waals surface area contributed by atoms with E-state index in [9.17, 15) is 24.8 Å². The van der Waals surface area contributed by atoms with E-state index >= 15 is 0 Å². The Labute approximate surface area is 181 Å². The number of phosphoric acid groups is 1. The monoisotopic (exact) mass is 500 g/mol. The highest BCUT2D eigenvalue weighted by molar-refractivity contribution is 7.99. The van der Waals surface area contributed by atoms with Crippen LogP contribution in [0, 0.1) is 20.2 Å². The van der Waals surface area contributed by atoms with E-state index < -0.39 is 40.5 Å². The average molecular weight is 502 g/mol. The SMILES string of the molecule is O=[N+]([O-])c1cc(Cl)cc2c1OP(=O)(OCCCl)Oc1c(cc(Cl)cc1[N+](=O)[O-])S2. The minimum absolute atomic E-state index is 0.0115. The number of rotatable bonds is 5. The van der Waals surface area contributed by atoms with E-state index in [0.29, 0.717) is 0 Å². The Balaban J connectivity index is 2.30. The largest absolute Gasteiger partial charge is 0.588 e. The van der Waals surface area contributed by atoms with E-state index in [1.165, 1.54) is 12.1 Å². The van der Waals surface area contributed by atoms with Gasteiger partial charge < -0.3 is 9.05 Å². The lowest BCUT2D eigenvalue weighted by Gasteiger charge is -2.23. The third-order valence-electron chi connectivity index (χ3n) is 3.35. The van der Waals surface area contributed by atoms with Gasteiger partial charge in [0, 0.05) is 28.1 Å². The van der Waals surface area contributed by atoms with Crippen LogP contribution in [0.25, 0.3) is 0 Å². The topological polar surface area (TPSA) is 131 Å².